The summed E-state index contributed by atoms with van der Waals surface area (Å²) in [7, 11) is 0. The molecule has 0 aromatic heterocycles. The highest BCUT2D eigenvalue weighted by molar-refractivity contribution is 14.1. The molecule has 12 heavy (non-hydrogen) atoms. The maximum atomic E-state index is 11.3. The van der Waals surface area contributed by atoms with E-state index in [0.717, 1.165) is 9.13 Å². The maximum Gasteiger partial charge on any atom is 0.174 e. The summed E-state index contributed by atoms with van der Waals surface area (Å²) in [5.74, 6) is 0.0828. The fourth-order valence-electron chi connectivity index (χ4n) is 0.829. The van der Waals surface area contributed by atoms with Gasteiger partial charge in [0.05, 0.1) is 5.33 Å². The van der Waals surface area contributed by atoms with Crippen molar-refractivity contribution in [3.05, 3.63) is 27.3 Å². The largest absolute Gasteiger partial charge is 0.399 e. The van der Waals surface area contributed by atoms with Crippen molar-refractivity contribution < 1.29 is 4.79 Å². The highest BCUT2D eigenvalue weighted by atomic mass is 127. The molecule has 2 nitrogen and oxygen atoms in total. The van der Waals surface area contributed by atoms with Crippen LogP contribution in [0.15, 0.2) is 18.2 Å². The second-order valence-corrected chi connectivity index (χ2v) is 4.02. The average molecular weight is 340 g/mol. The number of alkyl halides is 1. The second kappa shape index (κ2) is 4.23. The zero-order valence-electron chi connectivity index (χ0n) is 6.18. The summed E-state index contributed by atoms with van der Waals surface area (Å²) >= 11 is 5.22. The molecular formula is C8H7BrINO. The number of ketones is 1. The topological polar surface area (TPSA) is 43.1 Å². The van der Waals surface area contributed by atoms with E-state index in [0.29, 0.717) is 11.0 Å². The zero-order chi connectivity index (χ0) is 9.14. The highest BCUT2D eigenvalue weighted by Crippen LogP contribution is 2.16. The van der Waals surface area contributed by atoms with Crippen LogP contribution in [0.25, 0.3) is 0 Å². The molecule has 1 rings (SSSR count). The van der Waals surface area contributed by atoms with Gasteiger partial charge in [0.15, 0.2) is 5.78 Å². The van der Waals surface area contributed by atoms with Crippen molar-refractivity contribution in [3.63, 3.8) is 0 Å². The fourth-order valence-corrected chi connectivity index (χ4v) is 1.97. The number of nitrogens with two attached hydrogens (primary N) is 1. The van der Waals surface area contributed by atoms with Crippen LogP contribution in [0.4, 0.5) is 5.69 Å². The van der Waals surface area contributed by atoms with Crippen LogP contribution in [-0.4, -0.2) is 11.1 Å². The molecule has 0 heterocycles. The molecule has 4 heteroatoms. The van der Waals surface area contributed by atoms with Crippen LogP contribution in [0.5, 0.6) is 0 Å². The van der Waals surface area contributed by atoms with Crippen molar-refractivity contribution in [2.24, 2.45) is 0 Å². The second-order valence-electron chi connectivity index (χ2n) is 2.30. The molecule has 0 radical (unpaired) electrons. The van der Waals surface area contributed by atoms with E-state index in [1.165, 1.54) is 0 Å². The molecule has 2 N–H and O–H groups in total. The van der Waals surface area contributed by atoms with Crippen LogP contribution in [0, 0.1) is 3.57 Å². The summed E-state index contributed by atoms with van der Waals surface area (Å²) in [6, 6.07) is 5.27. The Morgan fingerprint density at radius 1 is 1.58 bits per heavy atom. The molecule has 0 aliphatic rings. The van der Waals surface area contributed by atoms with E-state index in [4.69, 9.17) is 5.73 Å². The Balaban J connectivity index is 3.09. The van der Waals surface area contributed by atoms with Crippen molar-refractivity contribution in [1.82, 2.24) is 0 Å². The van der Waals surface area contributed by atoms with Gasteiger partial charge in [-0.2, -0.15) is 0 Å². The predicted octanol–water partition coefficient (Wildman–Crippen LogP) is 2.45. The van der Waals surface area contributed by atoms with E-state index in [2.05, 4.69) is 38.5 Å². The SMILES string of the molecule is Nc1ccc(C(=O)CBr)c(I)c1. The molecule has 0 bridgehead atoms. The number of rotatable bonds is 2. The van der Waals surface area contributed by atoms with E-state index in [1.54, 1.807) is 18.2 Å². The van der Waals surface area contributed by atoms with E-state index >= 15 is 0 Å². The first-order valence-corrected chi connectivity index (χ1v) is 5.49. The molecule has 0 saturated heterocycles. The first kappa shape index (κ1) is 9.98. The Bertz CT molecular complexity index is 314. The Hall–Kier alpha value is -0.100. The van der Waals surface area contributed by atoms with Gasteiger partial charge >= 0.3 is 0 Å². The predicted molar refractivity (Wildman–Crippen MR) is 61.7 cm³/mol. The maximum absolute atomic E-state index is 11.3. The van der Waals surface area contributed by atoms with Crippen molar-refractivity contribution in [3.8, 4) is 0 Å². The Kier molecular flexibility index (Phi) is 3.52. The third kappa shape index (κ3) is 2.20. The van der Waals surface area contributed by atoms with E-state index < -0.39 is 0 Å². The van der Waals surface area contributed by atoms with Crippen molar-refractivity contribution >= 4 is 50.0 Å². The standard InChI is InChI=1S/C8H7BrINO/c9-4-8(12)6-2-1-5(11)3-7(6)10/h1-3H,4,11H2. The highest BCUT2D eigenvalue weighted by Gasteiger charge is 2.07. The normalized spacial score (nSPS) is 9.83. The van der Waals surface area contributed by atoms with Crippen molar-refractivity contribution in [2.45, 2.75) is 0 Å². The molecule has 0 aliphatic heterocycles. The van der Waals surface area contributed by atoms with Crippen LogP contribution < -0.4 is 5.73 Å². The van der Waals surface area contributed by atoms with Gasteiger partial charge in [-0.05, 0) is 40.8 Å². The molecular weight excluding hydrogens is 333 g/mol. The monoisotopic (exact) mass is 339 g/mol. The van der Waals surface area contributed by atoms with Crippen molar-refractivity contribution in [2.75, 3.05) is 11.1 Å². The number of hydrogen-bond donors (Lipinski definition) is 1. The van der Waals surface area contributed by atoms with Gasteiger partial charge in [0.25, 0.3) is 0 Å². The first-order valence-electron chi connectivity index (χ1n) is 3.29. The molecule has 0 amide bonds. The number of Topliss-reactive ketones (excluding diaryl/α,β-unsaturated/α-hetero) is 1. The van der Waals surface area contributed by atoms with E-state index in [-0.39, 0.29) is 5.78 Å². The van der Waals surface area contributed by atoms with Gasteiger partial charge < -0.3 is 5.73 Å². The number of benzene rings is 1. The van der Waals surface area contributed by atoms with E-state index in [1.807, 2.05) is 0 Å². The molecule has 0 aliphatic carbocycles. The van der Waals surface area contributed by atoms with Crippen molar-refractivity contribution in [1.29, 1.82) is 0 Å². The number of anilines is 1. The van der Waals surface area contributed by atoms with Gasteiger partial charge in [0.1, 0.15) is 0 Å². The van der Waals surface area contributed by atoms with Gasteiger partial charge in [-0.25, -0.2) is 0 Å². The van der Waals surface area contributed by atoms with Crippen LogP contribution in [0.3, 0.4) is 0 Å². The minimum absolute atomic E-state index is 0.0828. The van der Waals surface area contributed by atoms with Crippen LogP contribution in [0.1, 0.15) is 10.4 Å². The number of carbonyl (C=O) groups excluding carboxylic acids is 1. The molecule has 1 aromatic rings. The average Bonchev–Trinajstić information content (AvgIpc) is 2.03. The molecule has 64 valence electrons. The van der Waals surface area contributed by atoms with Crippen LogP contribution in [-0.2, 0) is 0 Å². The summed E-state index contributed by atoms with van der Waals surface area (Å²) in [5, 5.41) is 0.354. The fraction of sp³-hybridized carbons (Fsp3) is 0.125. The molecule has 0 saturated carbocycles. The van der Waals surface area contributed by atoms with Crippen LogP contribution >= 0.6 is 38.5 Å². The quantitative estimate of drug-likeness (QED) is 0.389. The number of carbonyl (C=O) groups is 1. The lowest BCUT2D eigenvalue weighted by Crippen LogP contribution is -2.03. The lowest BCUT2D eigenvalue weighted by atomic mass is 10.1. The lowest BCUT2D eigenvalue weighted by Gasteiger charge is -2.01. The lowest BCUT2D eigenvalue weighted by molar-refractivity contribution is 0.102. The first-order chi connectivity index (χ1) is 5.65. The third-order valence-electron chi connectivity index (χ3n) is 1.41. The van der Waals surface area contributed by atoms with Gasteiger partial charge in [-0.3, -0.25) is 4.79 Å². The minimum Gasteiger partial charge on any atom is -0.399 e. The summed E-state index contributed by atoms with van der Waals surface area (Å²) < 4.78 is 0.900. The Labute approximate surface area is 92.8 Å². The van der Waals surface area contributed by atoms with Gasteiger partial charge in [0.2, 0.25) is 0 Å². The smallest absolute Gasteiger partial charge is 0.174 e. The molecule has 0 atom stereocenters. The summed E-state index contributed by atoms with van der Waals surface area (Å²) in [6.07, 6.45) is 0. The minimum atomic E-state index is 0.0828. The molecule has 0 spiro atoms. The Morgan fingerprint density at radius 2 is 2.25 bits per heavy atom. The van der Waals surface area contributed by atoms with Gasteiger partial charge in [-0.1, -0.05) is 15.9 Å². The summed E-state index contributed by atoms with van der Waals surface area (Å²) in [4.78, 5) is 11.3. The van der Waals surface area contributed by atoms with E-state index in [9.17, 15) is 4.79 Å². The molecule has 0 fully saturated rings. The number of hydrogen-bond acceptors (Lipinski definition) is 2. The van der Waals surface area contributed by atoms with Gasteiger partial charge in [-0.15, -0.1) is 0 Å². The summed E-state index contributed by atoms with van der Waals surface area (Å²) in [6.45, 7) is 0. The Morgan fingerprint density at radius 3 is 2.75 bits per heavy atom. The number of halogens is 2. The third-order valence-corrected chi connectivity index (χ3v) is 2.82. The molecule has 1 aromatic carbocycles. The van der Waals surface area contributed by atoms with Gasteiger partial charge in [0, 0.05) is 14.8 Å². The zero-order valence-corrected chi connectivity index (χ0v) is 9.92. The number of nitrogen functional groups attached to an aromatic ring is 1. The summed E-state index contributed by atoms with van der Waals surface area (Å²) in [5.41, 5.74) is 6.95. The molecule has 0 unspecified atom stereocenters. The van der Waals surface area contributed by atoms with Crippen LogP contribution in [0.2, 0.25) is 0 Å².